The van der Waals surface area contributed by atoms with Crippen LogP contribution in [0.25, 0.3) is 5.82 Å². The fourth-order valence-corrected chi connectivity index (χ4v) is 4.68. The van der Waals surface area contributed by atoms with Crippen LogP contribution in [0.5, 0.6) is 0 Å². The summed E-state index contributed by atoms with van der Waals surface area (Å²) in [6, 6.07) is 24.5. The number of anilines is 1. The molecular weight excluding hydrogens is 448 g/mol. The SMILES string of the molecule is CCc1c(C(=O)Nc2ccc(CN3CCN(Cc4ccccc4)CC3)cc2)cnn1-c1ccccn1. The Balaban J connectivity index is 1.15. The van der Waals surface area contributed by atoms with Crippen molar-refractivity contribution in [3.8, 4) is 5.82 Å². The zero-order valence-electron chi connectivity index (χ0n) is 20.7. The molecule has 3 heterocycles. The monoisotopic (exact) mass is 480 g/mol. The lowest BCUT2D eigenvalue weighted by Crippen LogP contribution is -2.45. The molecule has 0 radical (unpaired) electrons. The lowest BCUT2D eigenvalue weighted by atomic mass is 10.1. The highest BCUT2D eigenvalue weighted by Crippen LogP contribution is 2.18. The Labute approximate surface area is 212 Å². The summed E-state index contributed by atoms with van der Waals surface area (Å²) in [7, 11) is 0. The molecule has 1 N–H and O–H groups in total. The highest BCUT2D eigenvalue weighted by atomic mass is 16.1. The number of nitrogens with zero attached hydrogens (tertiary/aromatic N) is 5. The van der Waals surface area contributed by atoms with Crippen molar-refractivity contribution >= 4 is 11.6 Å². The van der Waals surface area contributed by atoms with Gasteiger partial charge in [0.25, 0.3) is 5.91 Å². The van der Waals surface area contributed by atoms with Crippen LogP contribution < -0.4 is 5.32 Å². The second-order valence-corrected chi connectivity index (χ2v) is 9.15. The third kappa shape index (κ3) is 5.70. The molecule has 0 aliphatic carbocycles. The van der Waals surface area contributed by atoms with Gasteiger partial charge >= 0.3 is 0 Å². The molecule has 4 aromatic rings. The van der Waals surface area contributed by atoms with E-state index in [0.717, 1.165) is 50.6 Å². The van der Waals surface area contributed by atoms with Gasteiger partial charge in [0, 0.05) is 51.2 Å². The maximum Gasteiger partial charge on any atom is 0.259 e. The van der Waals surface area contributed by atoms with Crippen LogP contribution in [0.1, 0.15) is 34.1 Å². The van der Waals surface area contributed by atoms with Gasteiger partial charge in [-0.15, -0.1) is 0 Å². The summed E-state index contributed by atoms with van der Waals surface area (Å²) in [5, 5.41) is 7.44. The number of hydrogen-bond acceptors (Lipinski definition) is 5. The van der Waals surface area contributed by atoms with Gasteiger partial charge in [-0.1, -0.05) is 55.5 Å². The van der Waals surface area contributed by atoms with E-state index in [1.807, 2.05) is 37.3 Å². The van der Waals surface area contributed by atoms with E-state index in [1.165, 1.54) is 11.1 Å². The van der Waals surface area contributed by atoms with Crippen LogP contribution in [0.2, 0.25) is 0 Å². The number of benzene rings is 2. The van der Waals surface area contributed by atoms with E-state index < -0.39 is 0 Å². The Hall–Kier alpha value is -3.81. The van der Waals surface area contributed by atoms with E-state index in [9.17, 15) is 4.79 Å². The fraction of sp³-hybridized carbons (Fsp3) is 0.276. The average Bonchev–Trinajstić information content (AvgIpc) is 3.36. The van der Waals surface area contributed by atoms with Crippen molar-refractivity contribution in [2.45, 2.75) is 26.4 Å². The molecule has 1 amide bonds. The molecule has 0 unspecified atom stereocenters. The number of piperazine rings is 1. The number of carbonyl (C=O) groups is 1. The minimum Gasteiger partial charge on any atom is -0.322 e. The van der Waals surface area contributed by atoms with E-state index in [0.29, 0.717) is 17.8 Å². The largest absolute Gasteiger partial charge is 0.322 e. The molecule has 0 spiro atoms. The smallest absolute Gasteiger partial charge is 0.259 e. The minimum atomic E-state index is -0.156. The summed E-state index contributed by atoms with van der Waals surface area (Å²) in [5.41, 5.74) is 4.82. The van der Waals surface area contributed by atoms with Crippen LogP contribution in [0.4, 0.5) is 5.69 Å². The second-order valence-electron chi connectivity index (χ2n) is 9.15. The lowest BCUT2D eigenvalue weighted by molar-refractivity contribution is 0.102. The summed E-state index contributed by atoms with van der Waals surface area (Å²) in [5.74, 6) is 0.551. The molecule has 7 nitrogen and oxygen atoms in total. The van der Waals surface area contributed by atoms with E-state index in [2.05, 4.69) is 67.7 Å². The number of rotatable bonds is 8. The normalized spacial score (nSPS) is 14.6. The van der Waals surface area contributed by atoms with E-state index >= 15 is 0 Å². The van der Waals surface area contributed by atoms with Crippen LogP contribution in [0.15, 0.2) is 85.2 Å². The molecule has 184 valence electrons. The van der Waals surface area contributed by atoms with Gasteiger partial charge in [-0.2, -0.15) is 5.10 Å². The van der Waals surface area contributed by atoms with Gasteiger partial charge in [-0.3, -0.25) is 14.6 Å². The standard InChI is InChI=1S/C29H32N6O/c1-2-27-26(20-31-35(27)28-10-6-7-15-30-28)29(36)32-25-13-11-24(12-14-25)22-34-18-16-33(17-19-34)21-23-8-4-3-5-9-23/h3-15,20H,2,16-19,21-22H2,1H3,(H,32,36). The highest BCUT2D eigenvalue weighted by Gasteiger charge is 2.19. The fourth-order valence-electron chi connectivity index (χ4n) is 4.68. The van der Waals surface area contributed by atoms with Crippen molar-refractivity contribution in [3.05, 3.63) is 108 Å². The number of pyridine rings is 1. The third-order valence-electron chi connectivity index (χ3n) is 6.65. The molecule has 2 aromatic carbocycles. The first-order valence-electron chi connectivity index (χ1n) is 12.6. The van der Waals surface area contributed by atoms with Crippen LogP contribution in [0.3, 0.4) is 0 Å². The average molecular weight is 481 g/mol. The Morgan fingerprint density at radius 1 is 0.833 bits per heavy atom. The number of aromatic nitrogens is 3. The van der Waals surface area contributed by atoms with Gasteiger partial charge < -0.3 is 5.32 Å². The lowest BCUT2D eigenvalue weighted by Gasteiger charge is -2.34. The van der Waals surface area contributed by atoms with E-state index in [1.54, 1.807) is 17.1 Å². The maximum atomic E-state index is 13.0. The molecular formula is C29H32N6O. The molecule has 1 aliphatic rings. The minimum absolute atomic E-state index is 0.156. The quantitative estimate of drug-likeness (QED) is 0.405. The number of carbonyl (C=O) groups excluding carboxylic acids is 1. The molecule has 5 rings (SSSR count). The van der Waals surface area contributed by atoms with Crippen molar-refractivity contribution in [2.24, 2.45) is 0 Å². The first-order valence-corrected chi connectivity index (χ1v) is 12.6. The number of amides is 1. The van der Waals surface area contributed by atoms with Gasteiger partial charge in [-0.05, 0) is 41.8 Å². The molecule has 0 bridgehead atoms. The summed E-state index contributed by atoms with van der Waals surface area (Å²) < 4.78 is 1.73. The van der Waals surface area contributed by atoms with Crippen molar-refractivity contribution in [1.82, 2.24) is 24.6 Å². The summed E-state index contributed by atoms with van der Waals surface area (Å²) >= 11 is 0. The molecule has 2 aromatic heterocycles. The molecule has 0 saturated carbocycles. The van der Waals surface area contributed by atoms with Crippen LogP contribution in [-0.4, -0.2) is 56.7 Å². The Kier molecular flexibility index (Phi) is 7.50. The topological polar surface area (TPSA) is 66.3 Å². The number of hydrogen-bond donors (Lipinski definition) is 1. The van der Waals surface area contributed by atoms with Crippen molar-refractivity contribution < 1.29 is 4.79 Å². The Morgan fingerprint density at radius 2 is 1.47 bits per heavy atom. The van der Waals surface area contributed by atoms with Gasteiger partial charge in [0.1, 0.15) is 0 Å². The molecule has 0 atom stereocenters. The van der Waals surface area contributed by atoms with Crippen molar-refractivity contribution in [2.75, 3.05) is 31.5 Å². The van der Waals surface area contributed by atoms with Crippen LogP contribution in [-0.2, 0) is 19.5 Å². The predicted octanol–water partition coefficient (Wildman–Crippen LogP) is 4.40. The molecule has 1 fully saturated rings. The summed E-state index contributed by atoms with van der Waals surface area (Å²) in [6.07, 6.45) is 4.02. The maximum absolute atomic E-state index is 13.0. The first-order chi connectivity index (χ1) is 17.7. The molecule has 1 aliphatic heterocycles. The molecule has 36 heavy (non-hydrogen) atoms. The van der Waals surface area contributed by atoms with Crippen LogP contribution in [0, 0.1) is 0 Å². The van der Waals surface area contributed by atoms with Crippen molar-refractivity contribution in [3.63, 3.8) is 0 Å². The Morgan fingerprint density at radius 3 is 2.08 bits per heavy atom. The van der Waals surface area contributed by atoms with Gasteiger partial charge in [-0.25, -0.2) is 9.67 Å². The Bertz CT molecular complexity index is 1260. The zero-order chi connectivity index (χ0) is 24.7. The second kappa shape index (κ2) is 11.3. The highest BCUT2D eigenvalue weighted by molar-refractivity contribution is 6.05. The van der Waals surface area contributed by atoms with Gasteiger partial charge in [0.05, 0.1) is 17.5 Å². The van der Waals surface area contributed by atoms with E-state index in [4.69, 9.17) is 0 Å². The summed E-state index contributed by atoms with van der Waals surface area (Å²) in [6.45, 7) is 8.23. The predicted molar refractivity (Wildman–Crippen MR) is 142 cm³/mol. The summed E-state index contributed by atoms with van der Waals surface area (Å²) in [4.78, 5) is 22.4. The third-order valence-corrected chi connectivity index (χ3v) is 6.65. The first kappa shape index (κ1) is 23.9. The van der Waals surface area contributed by atoms with Gasteiger partial charge in [0.2, 0.25) is 0 Å². The van der Waals surface area contributed by atoms with Crippen molar-refractivity contribution in [1.29, 1.82) is 0 Å². The molecule has 7 heteroatoms. The van der Waals surface area contributed by atoms with E-state index in [-0.39, 0.29) is 5.91 Å². The molecule has 1 saturated heterocycles. The zero-order valence-corrected chi connectivity index (χ0v) is 20.7. The number of nitrogens with one attached hydrogen (secondary N) is 1. The van der Waals surface area contributed by atoms with Crippen LogP contribution >= 0.6 is 0 Å². The van der Waals surface area contributed by atoms with Gasteiger partial charge in [0.15, 0.2) is 5.82 Å².